The number of nitrogens with zero attached hydrogens (tertiary/aromatic N) is 14. The number of aryl methyl sites for hydroxylation is 3. The maximum atomic E-state index is 12.3. The van der Waals surface area contributed by atoms with Crippen LogP contribution in [0.25, 0.3) is 0 Å². The van der Waals surface area contributed by atoms with Crippen molar-refractivity contribution in [2.45, 2.75) is 173 Å². The first-order valence-corrected chi connectivity index (χ1v) is 46.2. The van der Waals surface area contributed by atoms with Crippen LogP contribution in [-0.4, -0.2) is 345 Å². The second kappa shape index (κ2) is 52.6. The predicted molar refractivity (Wildman–Crippen MR) is 497 cm³/mol. The van der Waals surface area contributed by atoms with Crippen molar-refractivity contribution >= 4 is 128 Å². The highest BCUT2D eigenvalue weighted by Gasteiger charge is 2.41. The van der Waals surface area contributed by atoms with Crippen LogP contribution in [0.5, 0.6) is 0 Å². The van der Waals surface area contributed by atoms with Crippen LogP contribution in [0.15, 0.2) is 104 Å². The summed E-state index contributed by atoms with van der Waals surface area (Å²) >= 11 is 4.45. The Hall–Kier alpha value is -9.80. The fourth-order valence-electron chi connectivity index (χ4n) is 15.4. The maximum Gasteiger partial charge on any atom is 0.304 e. The lowest BCUT2D eigenvalue weighted by Crippen LogP contribution is -2.49. The second-order valence-corrected chi connectivity index (χ2v) is 33.8. The van der Waals surface area contributed by atoms with E-state index in [-0.39, 0.29) is 144 Å². The third kappa shape index (κ3) is 28.2. The van der Waals surface area contributed by atoms with Crippen LogP contribution in [0.1, 0.15) is 71.3 Å². The summed E-state index contributed by atoms with van der Waals surface area (Å²) in [6.07, 6.45) is 13.5. The molecule has 8 aliphatic heterocycles. The Bertz CT molecular complexity index is 4130. The van der Waals surface area contributed by atoms with Gasteiger partial charge in [0.25, 0.3) is 0 Å². The Kier molecular flexibility index (Phi) is 42.1. The van der Waals surface area contributed by atoms with Gasteiger partial charge in [0.2, 0.25) is 53.2 Å². The van der Waals surface area contributed by atoms with Crippen molar-refractivity contribution in [3.8, 4) is 0 Å². The van der Waals surface area contributed by atoms with Gasteiger partial charge in [-0.2, -0.15) is 20.7 Å². The minimum atomic E-state index is -0.366. The number of thiophene rings is 1. The van der Waals surface area contributed by atoms with E-state index in [0.29, 0.717) is 135 Å². The lowest BCUT2D eigenvalue weighted by Gasteiger charge is -2.24. The van der Waals surface area contributed by atoms with E-state index in [1.54, 1.807) is 151 Å². The first-order valence-electron chi connectivity index (χ1n) is 43.6. The molecule has 0 aliphatic carbocycles. The fourth-order valence-corrected chi connectivity index (χ4v) is 17.1. The van der Waals surface area contributed by atoms with Crippen molar-refractivity contribution in [2.24, 2.45) is 0 Å². The van der Waals surface area contributed by atoms with Crippen LogP contribution in [0.3, 0.4) is 0 Å². The molecule has 0 bridgehead atoms. The Labute approximate surface area is 775 Å². The summed E-state index contributed by atoms with van der Waals surface area (Å²) in [4.78, 5) is 138. The van der Waals surface area contributed by atoms with E-state index in [4.69, 9.17) is 51.1 Å². The van der Waals surface area contributed by atoms with Gasteiger partial charge in [0, 0.05) is 55.8 Å². The second-order valence-electron chi connectivity index (χ2n) is 31.0. The van der Waals surface area contributed by atoms with E-state index in [2.05, 4.69) is 81.8 Å². The van der Waals surface area contributed by atoms with E-state index >= 15 is 0 Å². The molecule has 16 rings (SSSR count). The molecule has 10 N–H and O–H groups in total. The van der Waals surface area contributed by atoms with Gasteiger partial charge in [0.1, 0.15) is 83.8 Å². The number of furan rings is 1. The number of nitrogens with one attached hydrogen (secondary N) is 10. The molecule has 8 aromatic rings. The minimum absolute atomic E-state index is 0.0109. The Morgan fingerprint density at radius 3 is 1.15 bits per heavy atom. The van der Waals surface area contributed by atoms with E-state index in [1.807, 2.05) is 110 Å². The van der Waals surface area contributed by atoms with Crippen molar-refractivity contribution < 1.29 is 89.5 Å². The highest BCUT2D eigenvalue weighted by atomic mass is 32.1. The number of carbonyl (C=O) groups is 8. The molecular formula is C85H130N24O19S3. The van der Waals surface area contributed by atoms with E-state index in [9.17, 15) is 38.4 Å². The molecule has 131 heavy (non-hydrogen) atoms. The van der Waals surface area contributed by atoms with Gasteiger partial charge >= 0.3 is 6.01 Å². The Morgan fingerprint density at radius 2 is 0.794 bits per heavy atom. The average molecular weight is 1890 g/mol. The average Bonchev–Trinajstić information content (AvgIpc) is 1.67. The van der Waals surface area contributed by atoms with Crippen LogP contribution in [0.2, 0.25) is 0 Å². The zero-order valence-corrected chi connectivity index (χ0v) is 80.4. The third-order valence-corrected chi connectivity index (χ3v) is 24.6. The molecule has 8 fully saturated rings. The van der Waals surface area contributed by atoms with Crippen LogP contribution in [0.4, 0.5) is 46.5 Å². The van der Waals surface area contributed by atoms with Crippen molar-refractivity contribution in [1.29, 1.82) is 0 Å². The molecule has 16 heterocycles. The summed E-state index contributed by atoms with van der Waals surface area (Å²) in [7, 11) is 14.1. The maximum absolute atomic E-state index is 12.3. The molecule has 8 aliphatic rings. The molecule has 8 amide bonds. The topological polar surface area (TPSA) is 481 Å². The molecule has 16 atom stereocenters. The summed E-state index contributed by atoms with van der Waals surface area (Å²) in [5.74, 6) is 3.09. The van der Waals surface area contributed by atoms with Gasteiger partial charge in [-0.3, -0.25) is 62.9 Å². The number of thiazole rings is 1. The molecule has 0 spiro atoms. The Balaban J connectivity index is 0.000000169. The number of amides is 8. The van der Waals surface area contributed by atoms with E-state index in [0.717, 1.165) is 32.9 Å². The summed E-state index contributed by atoms with van der Waals surface area (Å²) in [6.45, 7) is 29.3. The van der Waals surface area contributed by atoms with Crippen molar-refractivity contribution in [3.05, 3.63) is 106 Å². The van der Waals surface area contributed by atoms with Gasteiger partial charge < -0.3 is 118 Å². The van der Waals surface area contributed by atoms with Gasteiger partial charge in [-0.1, -0.05) is 0 Å². The Morgan fingerprint density at radius 1 is 0.397 bits per heavy atom. The number of aromatic amines is 2. The highest BCUT2D eigenvalue weighted by molar-refractivity contribution is 7.10. The number of H-pyrrole nitrogens is 2. The normalized spacial score (nSPS) is 26.6. The number of rotatable bonds is 16. The molecule has 46 heteroatoms. The van der Waals surface area contributed by atoms with Crippen LogP contribution in [0, 0.1) is 20.8 Å². The molecule has 0 radical (unpaired) electrons. The van der Waals surface area contributed by atoms with E-state index < -0.39 is 0 Å². The van der Waals surface area contributed by atoms with Crippen LogP contribution >= 0.6 is 34.2 Å². The lowest BCUT2D eigenvalue weighted by molar-refractivity contribution is -0.123. The number of aromatic nitrogens is 8. The summed E-state index contributed by atoms with van der Waals surface area (Å²) < 4.78 is 63.9. The van der Waals surface area contributed by atoms with Gasteiger partial charge in [-0.15, -0.1) is 11.3 Å². The molecule has 8 aromatic heterocycles. The highest BCUT2D eigenvalue weighted by Crippen LogP contribution is 2.28. The van der Waals surface area contributed by atoms with Crippen LogP contribution in [-0.2, 0) is 76.3 Å². The zero-order chi connectivity index (χ0) is 95.0. The van der Waals surface area contributed by atoms with Gasteiger partial charge in [-0.25, -0.2) is 19.9 Å². The van der Waals surface area contributed by atoms with Gasteiger partial charge in [0.15, 0.2) is 11.7 Å². The molecule has 16 unspecified atom stereocenters. The molecule has 43 nitrogen and oxygen atoms in total. The largest absolute Gasteiger partial charge is 0.470 e. The summed E-state index contributed by atoms with van der Waals surface area (Å²) in [6, 6.07) is 3.42. The molecular weight excluding hydrogens is 1760 g/mol. The minimum Gasteiger partial charge on any atom is -0.470 e. The quantitative estimate of drug-likeness (QED) is 0.0664. The first kappa shape index (κ1) is 105. The van der Waals surface area contributed by atoms with Crippen molar-refractivity contribution in [2.75, 3.05) is 201 Å². The monoisotopic (exact) mass is 1890 g/mol. The molecule has 0 saturated carbocycles. The van der Waals surface area contributed by atoms with Gasteiger partial charge in [0.05, 0.1) is 181 Å². The molecule has 0 aromatic carbocycles. The standard InChI is InChI=1S/C11H17N3O3.C11H17N3O2S.C11H17N3O2.C11H16N2O3.C11H16N2O2S.C10H16N4O2S.C10H16N4O2.C10H15N3O3/c2*1-7-10(12-3)11(15)14(4-5-16-7)9-6-17-8(2)13-9;1-8-10(12-2)11(15)14(5-6-16-8)9-3-4-13-7-9;1-8-10(12-2)11(14)13(4-6-16-8)9-3-5-15-7-9;1-8-10(12-2)11(14)13(4-5-15-8)9-3-6-16-7-9;1-6-8(11-3)9(15)14(4-5-16-6)10-12-7(2)17-13-10;1-7-9(11-2)10(15)14(3-4-16-7)8-5-12-6-13-8;1-7-8(11-2)9(14)13(4-6-15-7)10-12-3-5-16-10/h2*6-7,10,12H,4-5H2,1-3H3;3-4,7-8,10,12-13H,5-6H2,1-2H3;3,5,7-8,10,12H,4,6H2,1-2H3;3,6-8,10,12H,4-5H2,1-2H3;6,8,11H,4-5H2,1-3H3;5-7,9,11H,3-4H2,1-2H3,(H,12,13);3,5,7-8,11H,4,6H2,1-2H3. The smallest absolute Gasteiger partial charge is 0.304 e. The number of hydrogen-bond donors (Lipinski definition) is 10. The number of likely N-dealkylation sites (N-methyl/N-ethyl adjacent to an activating group) is 8. The number of hydrogen-bond acceptors (Lipinski definition) is 36. The van der Waals surface area contributed by atoms with Crippen molar-refractivity contribution in [1.82, 2.24) is 81.8 Å². The first-order chi connectivity index (χ1) is 63.1. The van der Waals surface area contributed by atoms with Crippen molar-refractivity contribution in [3.63, 3.8) is 0 Å². The third-order valence-electron chi connectivity index (χ3n) is 22.5. The SMILES string of the molecule is CNC1C(=O)N(c2cc[nH]c2)CCOC1C.CNC1C(=O)N(c2ccoc2)CCOC1C.CNC1C(=O)N(c2ccsc2)CCOC1C.CNC1C(=O)N(c2cnc[nH]2)CCOC1C.CNC1C(=O)N(c2coc(C)n2)CCOC1C.CNC1C(=O)N(c2csc(C)n2)CCOC1C.CNC1C(=O)N(c2ncco2)CCOC1C.CNC1C(=O)N(c2nsc(C)n2)CCOC1C. The number of carbonyl (C=O) groups excluding carboxylic acids is 8. The number of ether oxygens (including phenoxy) is 8. The predicted octanol–water partition coefficient (Wildman–Crippen LogP) is 3.13. The zero-order valence-electron chi connectivity index (χ0n) is 78.0. The molecule has 722 valence electrons. The lowest BCUT2D eigenvalue weighted by atomic mass is 10.1. The number of imidazole rings is 1. The number of oxazole rings is 2. The van der Waals surface area contributed by atoms with E-state index in [1.165, 1.54) is 35.2 Å². The fraction of sp³-hybridized carbons (Fsp3) is 0.600. The van der Waals surface area contributed by atoms with Gasteiger partial charge in [-0.05, 0) is 155 Å². The van der Waals surface area contributed by atoms with Crippen LogP contribution < -0.4 is 81.7 Å². The molecule has 8 saturated heterocycles. The summed E-state index contributed by atoms with van der Waals surface area (Å²) in [5.41, 5.74) is 2.64. The number of anilines is 8. The summed E-state index contributed by atoms with van der Waals surface area (Å²) in [5, 5.41) is 31.6.